The molecule has 0 saturated carbocycles. The molecular formula is C22H27N3O. The molecule has 0 atom stereocenters. The van der Waals surface area contributed by atoms with Crippen molar-refractivity contribution in [2.24, 2.45) is 5.84 Å². The Kier molecular flexibility index (Phi) is 4.88. The van der Waals surface area contributed by atoms with Gasteiger partial charge in [-0.1, -0.05) is 57.2 Å². The molecule has 4 heteroatoms. The molecule has 0 aliphatic rings. The summed E-state index contributed by atoms with van der Waals surface area (Å²) in [7, 11) is 0. The fourth-order valence-corrected chi connectivity index (χ4v) is 3.42. The van der Waals surface area contributed by atoms with Crippen molar-refractivity contribution >= 4 is 16.8 Å². The molecule has 0 fully saturated rings. The van der Waals surface area contributed by atoms with E-state index in [0.717, 1.165) is 28.7 Å². The van der Waals surface area contributed by atoms with Crippen molar-refractivity contribution in [3.05, 3.63) is 70.9 Å². The van der Waals surface area contributed by atoms with E-state index in [1.807, 2.05) is 6.07 Å². The molecule has 0 saturated heterocycles. The average molecular weight is 349 g/mol. The van der Waals surface area contributed by atoms with Crippen LogP contribution in [-0.4, -0.2) is 10.5 Å². The highest BCUT2D eigenvalue weighted by molar-refractivity contribution is 5.91. The summed E-state index contributed by atoms with van der Waals surface area (Å²) in [6.45, 7) is 9.47. The van der Waals surface area contributed by atoms with Gasteiger partial charge in [0.2, 0.25) is 5.91 Å². The molecule has 26 heavy (non-hydrogen) atoms. The second-order valence-electron chi connectivity index (χ2n) is 7.86. The summed E-state index contributed by atoms with van der Waals surface area (Å²) in [5, 5.41) is 1.13. The third-order valence-electron chi connectivity index (χ3n) is 5.00. The summed E-state index contributed by atoms with van der Waals surface area (Å²) in [6, 6.07) is 17.0. The molecule has 1 aromatic heterocycles. The number of hydrogen-bond acceptors (Lipinski definition) is 2. The minimum absolute atomic E-state index is 0.0526. The predicted molar refractivity (Wildman–Crippen MR) is 107 cm³/mol. The van der Waals surface area contributed by atoms with Gasteiger partial charge in [0.05, 0.1) is 6.42 Å². The molecule has 3 rings (SSSR count). The highest BCUT2D eigenvalue weighted by Gasteiger charge is 2.20. The molecule has 2 aromatic carbocycles. The van der Waals surface area contributed by atoms with Crippen LogP contribution in [0.2, 0.25) is 0 Å². The van der Waals surface area contributed by atoms with Gasteiger partial charge in [-0.15, -0.1) is 0 Å². The Morgan fingerprint density at radius 3 is 2.42 bits per heavy atom. The third-order valence-corrected chi connectivity index (χ3v) is 5.00. The Labute approximate surface area is 155 Å². The first-order valence-electron chi connectivity index (χ1n) is 8.97. The van der Waals surface area contributed by atoms with Crippen molar-refractivity contribution in [1.29, 1.82) is 0 Å². The monoisotopic (exact) mass is 349 g/mol. The number of aromatic nitrogens is 1. The van der Waals surface area contributed by atoms with Gasteiger partial charge in [0, 0.05) is 23.1 Å². The number of fused-ring (bicyclic) bond motifs is 1. The number of nitrogens with one attached hydrogen (secondary N) is 1. The molecule has 0 radical (unpaired) electrons. The van der Waals surface area contributed by atoms with Gasteiger partial charge in [0.25, 0.3) is 0 Å². The predicted octanol–water partition coefficient (Wildman–Crippen LogP) is 3.83. The molecule has 0 spiro atoms. The Morgan fingerprint density at radius 2 is 1.81 bits per heavy atom. The van der Waals surface area contributed by atoms with E-state index in [1.165, 1.54) is 11.1 Å². The van der Waals surface area contributed by atoms with Gasteiger partial charge >= 0.3 is 0 Å². The fraction of sp³-hybridized carbons (Fsp3) is 0.318. The average Bonchev–Trinajstić information content (AvgIpc) is 2.87. The molecular weight excluding hydrogens is 322 g/mol. The van der Waals surface area contributed by atoms with E-state index in [0.29, 0.717) is 0 Å². The van der Waals surface area contributed by atoms with Crippen molar-refractivity contribution in [3.63, 3.8) is 0 Å². The summed E-state index contributed by atoms with van der Waals surface area (Å²) < 4.78 is 2.29. The number of amides is 1. The lowest BCUT2D eigenvalue weighted by molar-refractivity contribution is -0.120. The topological polar surface area (TPSA) is 60.1 Å². The molecule has 0 aliphatic heterocycles. The Balaban J connectivity index is 2.18. The number of benzene rings is 2. The largest absolute Gasteiger partial charge is 0.340 e. The Hall–Kier alpha value is -2.59. The van der Waals surface area contributed by atoms with Crippen molar-refractivity contribution in [3.8, 4) is 0 Å². The van der Waals surface area contributed by atoms with Crippen LogP contribution in [0, 0.1) is 6.92 Å². The third kappa shape index (κ3) is 3.51. The maximum atomic E-state index is 12.0. The number of nitrogens with two attached hydrogens (primary N) is 1. The summed E-state index contributed by atoms with van der Waals surface area (Å²) in [4.78, 5) is 12.0. The van der Waals surface area contributed by atoms with Gasteiger partial charge in [0.1, 0.15) is 0 Å². The van der Waals surface area contributed by atoms with Crippen molar-refractivity contribution in [1.82, 2.24) is 9.99 Å². The number of hydrazine groups is 1. The van der Waals surface area contributed by atoms with Crippen LogP contribution in [0.15, 0.2) is 48.5 Å². The SMILES string of the molecule is Cc1c(CC(=O)NN)c2cc(C(C)(C)C)ccc2n1Cc1ccccc1. The summed E-state index contributed by atoms with van der Waals surface area (Å²) >= 11 is 0. The maximum Gasteiger partial charge on any atom is 0.238 e. The van der Waals surface area contributed by atoms with Crippen molar-refractivity contribution in [2.75, 3.05) is 0 Å². The van der Waals surface area contributed by atoms with Gasteiger partial charge in [0.15, 0.2) is 0 Å². The zero-order valence-electron chi connectivity index (χ0n) is 16.0. The van der Waals surface area contributed by atoms with Gasteiger partial charge in [-0.25, -0.2) is 5.84 Å². The van der Waals surface area contributed by atoms with Gasteiger partial charge in [-0.3, -0.25) is 10.2 Å². The zero-order valence-corrected chi connectivity index (χ0v) is 16.0. The maximum absolute atomic E-state index is 12.0. The van der Waals surface area contributed by atoms with Crippen molar-refractivity contribution in [2.45, 2.75) is 46.1 Å². The number of carbonyl (C=O) groups excluding carboxylic acids is 1. The highest BCUT2D eigenvalue weighted by atomic mass is 16.2. The number of nitrogens with zero attached hydrogens (tertiary/aromatic N) is 1. The minimum Gasteiger partial charge on any atom is -0.340 e. The van der Waals surface area contributed by atoms with Gasteiger partial charge in [-0.05, 0) is 41.2 Å². The van der Waals surface area contributed by atoms with E-state index in [-0.39, 0.29) is 17.7 Å². The molecule has 1 amide bonds. The lowest BCUT2D eigenvalue weighted by atomic mass is 9.86. The van der Waals surface area contributed by atoms with E-state index in [1.54, 1.807) is 0 Å². The van der Waals surface area contributed by atoms with Crippen LogP contribution in [0.3, 0.4) is 0 Å². The highest BCUT2D eigenvalue weighted by Crippen LogP contribution is 2.32. The van der Waals surface area contributed by atoms with E-state index < -0.39 is 0 Å². The normalized spacial score (nSPS) is 11.7. The molecule has 0 bridgehead atoms. The first-order chi connectivity index (χ1) is 12.3. The van der Waals surface area contributed by atoms with Gasteiger partial charge in [-0.2, -0.15) is 0 Å². The van der Waals surface area contributed by atoms with Crippen LogP contribution in [0.1, 0.15) is 43.2 Å². The van der Waals surface area contributed by atoms with E-state index in [4.69, 9.17) is 5.84 Å². The van der Waals surface area contributed by atoms with E-state index >= 15 is 0 Å². The summed E-state index contributed by atoms with van der Waals surface area (Å²) in [5.74, 6) is 5.16. The van der Waals surface area contributed by atoms with Gasteiger partial charge < -0.3 is 4.57 Å². The lowest BCUT2D eigenvalue weighted by Gasteiger charge is -2.19. The minimum atomic E-state index is -0.173. The number of hydrogen-bond donors (Lipinski definition) is 2. The van der Waals surface area contributed by atoms with Crippen LogP contribution in [-0.2, 0) is 23.2 Å². The fourth-order valence-electron chi connectivity index (χ4n) is 3.42. The molecule has 136 valence electrons. The summed E-state index contributed by atoms with van der Waals surface area (Å²) in [5.41, 5.74) is 8.12. The van der Waals surface area contributed by atoms with Crippen LogP contribution < -0.4 is 11.3 Å². The van der Waals surface area contributed by atoms with Crippen LogP contribution >= 0.6 is 0 Å². The van der Waals surface area contributed by atoms with E-state index in [9.17, 15) is 4.79 Å². The van der Waals surface area contributed by atoms with Crippen molar-refractivity contribution < 1.29 is 4.79 Å². The smallest absolute Gasteiger partial charge is 0.238 e. The second kappa shape index (κ2) is 6.96. The first-order valence-corrected chi connectivity index (χ1v) is 8.97. The number of carbonyl (C=O) groups is 1. The lowest BCUT2D eigenvalue weighted by Crippen LogP contribution is -2.31. The Morgan fingerprint density at radius 1 is 1.12 bits per heavy atom. The quantitative estimate of drug-likeness (QED) is 0.427. The molecule has 0 aliphatic carbocycles. The summed E-state index contributed by atoms with van der Waals surface area (Å²) in [6.07, 6.45) is 0.286. The standard InChI is InChI=1S/C22H27N3O/c1-15-18(13-21(26)24-23)19-12-17(22(2,3)4)10-11-20(19)25(15)14-16-8-6-5-7-9-16/h5-12H,13-14,23H2,1-4H3,(H,24,26). The first kappa shape index (κ1) is 18.2. The molecule has 3 aromatic rings. The van der Waals surface area contributed by atoms with E-state index in [2.05, 4.69) is 80.2 Å². The van der Waals surface area contributed by atoms with Crippen LogP contribution in [0.25, 0.3) is 10.9 Å². The van der Waals surface area contributed by atoms with Crippen LogP contribution in [0.4, 0.5) is 0 Å². The molecule has 3 N–H and O–H groups in total. The molecule has 0 unspecified atom stereocenters. The second-order valence-corrected chi connectivity index (χ2v) is 7.86. The van der Waals surface area contributed by atoms with Crippen LogP contribution in [0.5, 0.6) is 0 Å². The molecule has 1 heterocycles. The Bertz CT molecular complexity index is 933. The zero-order chi connectivity index (χ0) is 18.9. The molecule has 4 nitrogen and oxygen atoms in total. The number of rotatable bonds is 4.